The van der Waals surface area contributed by atoms with Crippen molar-refractivity contribution in [2.24, 2.45) is 34.5 Å². The molecule has 0 aliphatic heterocycles. The van der Waals surface area contributed by atoms with Gasteiger partial charge in [-0.25, -0.2) is 0 Å². The van der Waals surface area contributed by atoms with Crippen LogP contribution in [0.25, 0.3) is 0 Å². The predicted molar refractivity (Wildman–Crippen MR) is 242 cm³/mol. The van der Waals surface area contributed by atoms with Gasteiger partial charge in [-0.15, -0.1) is 0 Å². The lowest BCUT2D eigenvalue weighted by atomic mass is 9.60. The molecule has 4 aliphatic carbocycles. The zero-order valence-corrected chi connectivity index (χ0v) is 44.1. The summed E-state index contributed by atoms with van der Waals surface area (Å²) >= 11 is 31.7. The Morgan fingerprint density at radius 2 is 0.692 bits per heavy atom. The lowest BCUT2D eigenvalue weighted by Gasteiger charge is -2.51. The van der Waals surface area contributed by atoms with E-state index in [1.165, 1.54) is 0 Å². The molecule has 0 amide bonds. The molecule has 0 heterocycles. The number of ether oxygens (including phenoxy) is 4. The van der Waals surface area contributed by atoms with Crippen molar-refractivity contribution in [3.05, 3.63) is 0 Å². The highest BCUT2D eigenvalue weighted by molar-refractivity contribution is 9.11. The number of hydrogen-bond donors (Lipinski definition) is 2. The van der Waals surface area contributed by atoms with Crippen LogP contribution in [0.4, 0.5) is 0 Å². The number of rotatable bonds is 15. The predicted octanol–water partition coefficient (Wildman–Crippen LogP) is 11.1. The number of aliphatic hydroxyl groups is 2. The minimum absolute atomic E-state index is 0.0212. The summed E-state index contributed by atoms with van der Waals surface area (Å²) < 4.78 is 24.8. The summed E-state index contributed by atoms with van der Waals surface area (Å²) in [7, 11) is 1.81. The van der Waals surface area contributed by atoms with E-state index in [-0.39, 0.29) is 77.4 Å². The zero-order valence-electron chi connectivity index (χ0n) is 31.4. The van der Waals surface area contributed by atoms with Crippen molar-refractivity contribution in [2.45, 2.75) is 168 Å². The lowest BCUT2D eigenvalue weighted by Crippen LogP contribution is -2.51. The van der Waals surface area contributed by atoms with Crippen molar-refractivity contribution >= 4 is 127 Å². The Bertz CT molecular complexity index is 1040. The van der Waals surface area contributed by atoms with Crippen molar-refractivity contribution in [1.29, 1.82) is 0 Å². The van der Waals surface area contributed by atoms with Gasteiger partial charge in [0, 0.05) is 45.7 Å². The molecule has 0 saturated heterocycles. The van der Waals surface area contributed by atoms with Gasteiger partial charge in [0.15, 0.2) is 0 Å². The number of halogens is 8. The Morgan fingerprint density at radius 3 is 0.923 bits per heavy atom. The van der Waals surface area contributed by atoms with E-state index in [1.807, 2.05) is 14.0 Å². The van der Waals surface area contributed by atoms with E-state index in [0.717, 1.165) is 51.4 Å². The molecule has 52 heavy (non-hydrogen) atoms. The summed E-state index contributed by atoms with van der Waals surface area (Å²) in [6.07, 6.45) is 8.18. The maximum atomic E-state index is 11.0. The van der Waals surface area contributed by atoms with E-state index < -0.39 is 12.2 Å². The van der Waals surface area contributed by atoms with Crippen LogP contribution in [0, 0.1) is 34.5 Å². The van der Waals surface area contributed by atoms with Crippen LogP contribution in [-0.2, 0) is 18.9 Å². The van der Waals surface area contributed by atoms with Crippen molar-refractivity contribution in [1.82, 2.24) is 0 Å². The molecule has 0 aromatic rings. The summed E-state index contributed by atoms with van der Waals surface area (Å²) in [5, 5.41) is 21.1. The summed E-state index contributed by atoms with van der Waals surface area (Å²) in [4.78, 5) is 1.92. The highest BCUT2D eigenvalue weighted by Gasteiger charge is 2.50. The topological polar surface area (TPSA) is 77.4 Å². The Morgan fingerprint density at radius 1 is 0.462 bits per heavy atom. The summed E-state index contributed by atoms with van der Waals surface area (Å²) in [6, 6.07) is 0. The van der Waals surface area contributed by atoms with E-state index in [4.69, 9.17) is 18.9 Å². The summed E-state index contributed by atoms with van der Waals surface area (Å²) in [5.41, 5.74) is 0.283. The Kier molecular flexibility index (Phi) is 19.9. The lowest BCUT2D eigenvalue weighted by molar-refractivity contribution is -0.0799. The fourth-order valence-corrected chi connectivity index (χ4v) is 18.9. The van der Waals surface area contributed by atoms with Crippen LogP contribution < -0.4 is 0 Å². The molecule has 306 valence electrons. The van der Waals surface area contributed by atoms with Crippen molar-refractivity contribution in [2.75, 3.05) is 26.9 Å². The van der Waals surface area contributed by atoms with Gasteiger partial charge in [-0.1, -0.05) is 162 Å². The first-order valence-electron chi connectivity index (χ1n) is 19.2. The highest BCUT2D eigenvalue weighted by Crippen LogP contribution is 2.54. The largest absolute Gasteiger partial charge is 0.391 e. The van der Waals surface area contributed by atoms with Gasteiger partial charge in [-0.05, 0) is 92.3 Å². The summed E-state index contributed by atoms with van der Waals surface area (Å²) in [6.45, 7) is 12.6. The average molecular weight is 1250 g/mol. The van der Waals surface area contributed by atoms with Gasteiger partial charge in [0.1, 0.15) is 6.10 Å². The Labute approximate surface area is 381 Å². The smallest absolute Gasteiger partial charge is 0.101 e. The molecule has 0 spiro atoms. The zero-order chi connectivity index (χ0) is 38.7. The van der Waals surface area contributed by atoms with Crippen LogP contribution >= 0.6 is 127 Å². The average Bonchev–Trinajstić information content (AvgIpc) is 3.06. The number of methoxy groups -OCH3 is 1. The Balaban J connectivity index is 1.23. The van der Waals surface area contributed by atoms with Gasteiger partial charge < -0.3 is 29.2 Å². The fraction of sp³-hybridized carbons (Fsp3) is 1.00. The molecule has 0 bridgehead atoms. The molecule has 4 aliphatic rings. The molecule has 6 nitrogen and oxygen atoms in total. The number of alkyl halides is 8. The van der Waals surface area contributed by atoms with Gasteiger partial charge in [0.2, 0.25) is 0 Å². The van der Waals surface area contributed by atoms with E-state index in [9.17, 15) is 10.2 Å². The van der Waals surface area contributed by atoms with Crippen LogP contribution in [0.3, 0.4) is 0 Å². The maximum Gasteiger partial charge on any atom is 0.101 e. The second-order valence-corrected chi connectivity index (χ2v) is 26.7. The first kappa shape index (κ1) is 48.3. The van der Waals surface area contributed by atoms with E-state index >= 15 is 0 Å². The third-order valence-electron chi connectivity index (χ3n) is 13.3. The van der Waals surface area contributed by atoms with Crippen LogP contribution in [0.1, 0.15) is 92.4 Å². The van der Waals surface area contributed by atoms with Gasteiger partial charge in [-0.2, -0.15) is 0 Å². The van der Waals surface area contributed by atoms with E-state index in [0.29, 0.717) is 46.4 Å². The van der Waals surface area contributed by atoms with Gasteiger partial charge >= 0.3 is 0 Å². The quantitative estimate of drug-likeness (QED) is 0.159. The molecule has 0 radical (unpaired) electrons. The van der Waals surface area contributed by atoms with Crippen LogP contribution in [0.15, 0.2) is 0 Å². The molecule has 2 N–H and O–H groups in total. The first-order valence-corrected chi connectivity index (χ1v) is 26.5. The summed E-state index contributed by atoms with van der Waals surface area (Å²) in [5.74, 6) is 2.16. The SMILES string of the molecule is CCC(O)COC1C(Br)CC(C(C)(C)C2CC(Br)C(OCC(O)COC3C(Br)CC(C(C)(C)C4CC(Br)C(OC)C(Br)C4)CC3Br)C(Br)C2)CC1Br. The van der Waals surface area contributed by atoms with Crippen molar-refractivity contribution in [3.63, 3.8) is 0 Å². The third-order valence-corrected chi connectivity index (χ3v) is 20.5. The van der Waals surface area contributed by atoms with Crippen molar-refractivity contribution in [3.8, 4) is 0 Å². The maximum absolute atomic E-state index is 11.0. The minimum atomic E-state index is -0.701. The van der Waals surface area contributed by atoms with Gasteiger partial charge in [0.25, 0.3) is 0 Å². The number of aliphatic hydroxyl groups excluding tert-OH is 2. The molecule has 4 fully saturated rings. The second-order valence-electron chi connectivity index (χ2n) is 17.3. The molecule has 0 aromatic carbocycles. The molecule has 10 atom stereocenters. The van der Waals surface area contributed by atoms with Crippen LogP contribution in [0.5, 0.6) is 0 Å². The standard InChI is InChI=1S/C38H62Br8O6/c1-7-23(47)16-50-34-27(41)10-21(11-28(34)42)38(4,5)22-14-31(45)36(32(46)15-22)52-18-24(48)17-51-35-29(43)12-20(13-30(35)44)37(2,3)19-8-25(39)33(49-6)26(40)9-19/h19-36,47-48H,7-18H2,1-6H3. The Hall–Kier alpha value is 3.60. The normalized spacial score (nSPS) is 43.6. The molecule has 10 unspecified atom stereocenters. The first-order chi connectivity index (χ1) is 24.3. The molecule has 0 aromatic heterocycles. The van der Waals surface area contributed by atoms with Gasteiger partial charge in [0.05, 0.1) is 50.3 Å². The molecule has 14 heteroatoms. The highest BCUT2D eigenvalue weighted by atomic mass is 79.9. The van der Waals surface area contributed by atoms with Crippen LogP contribution in [0.2, 0.25) is 0 Å². The van der Waals surface area contributed by atoms with Crippen LogP contribution in [-0.4, -0.2) is 112 Å². The van der Waals surface area contributed by atoms with E-state index in [1.54, 1.807) is 0 Å². The minimum Gasteiger partial charge on any atom is -0.391 e. The molecule has 4 rings (SSSR count). The van der Waals surface area contributed by atoms with Gasteiger partial charge in [-0.3, -0.25) is 0 Å². The third kappa shape index (κ3) is 12.1. The van der Waals surface area contributed by atoms with Crippen molar-refractivity contribution < 1.29 is 29.2 Å². The monoisotopic (exact) mass is 1250 g/mol. The number of hydrogen-bond acceptors (Lipinski definition) is 6. The van der Waals surface area contributed by atoms with E-state index in [2.05, 4.69) is 155 Å². The molecular formula is C38H62Br8O6. The second kappa shape index (κ2) is 21.4. The fourth-order valence-electron chi connectivity index (χ4n) is 9.39. The molecular weight excluding hydrogens is 1190 g/mol. The molecule has 4 saturated carbocycles.